The average Bonchev–Trinajstić information content (AvgIpc) is 3.21. The molecular formula is C20H21NO6S. The number of benzene rings is 2. The van der Waals surface area contributed by atoms with Gasteiger partial charge in [-0.05, 0) is 36.8 Å². The van der Waals surface area contributed by atoms with Crippen LogP contribution in [0.1, 0.15) is 18.4 Å². The summed E-state index contributed by atoms with van der Waals surface area (Å²) in [6, 6.07) is 13.3. The Hall–Kier alpha value is -2.58. The summed E-state index contributed by atoms with van der Waals surface area (Å²) in [5, 5.41) is -1.01. The molecule has 2 N–H and O–H groups in total. The van der Waals surface area contributed by atoms with Crippen molar-refractivity contribution in [1.82, 2.24) is 0 Å². The molecule has 0 saturated heterocycles. The van der Waals surface area contributed by atoms with Gasteiger partial charge in [0.15, 0.2) is 21.3 Å². The molecule has 1 fully saturated rings. The number of hydrogen-bond donors (Lipinski definition) is 1. The van der Waals surface area contributed by atoms with Gasteiger partial charge in [0.2, 0.25) is 6.79 Å². The van der Waals surface area contributed by atoms with Crippen molar-refractivity contribution < 1.29 is 27.4 Å². The van der Waals surface area contributed by atoms with Gasteiger partial charge in [0.25, 0.3) is 0 Å². The number of carbonyl (C=O) groups is 1. The van der Waals surface area contributed by atoms with E-state index in [-0.39, 0.29) is 24.8 Å². The van der Waals surface area contributed by atoms with Crippen LogP contribution in [-0.4, -0.2) is 39.6 Å². The molecular weight excluding hydrogens is 382 g/mol. The van der Waals surface area contributed by atoms with Gasteiger partial charge in [0.05, 0.1) is 16.8 Å². The van der Waals surface area contributed by atoms with Crippen LogP contribution >= 0.6 is 0 Å². The van der Waals surface area contributed by atoms with E-state index >= 15 is 0 Å². The van der Waals surface area contributed by atoms with Crippen molar-refractivity contribution in [3.05, 3.63) is 54.1 Å². The van der Waals surface area contributed by atoms with Crippen molar-refractivity contribution in [2.24, 2.45) is 11.1 Å². The Morgan fingerprint density at radius 3 is 2.57 bits per heavy atom. The Balaban J connectivity index is 1.81. The molecule has 0 aromatic heterocycles. The first kappa shape index (κ1) is 18.8. The lowest BCUT2D eigenvalue weighted by Gasteiger charge is -2.14. The SMILES string of the molecule is CCOC(=O)[C@]1(CN)[C@H](c2ccc3c(c2)OCO3)[C@H]1S(=O)(=O)c1ccccc1. The normalized spacial score (nSPS) is 25.4. The second kappa shape index (κ2) is 6.79. The fourth-order valence-electron chi connectivity index (χ4n) is 4.03. The standard InChI is InChI=1S/C20H21NO6S/c1-2-25-19(22)20(11-21)17(13-8-9-15-16(10-13)27-12-26-15)18(20)28(23,24)14-6-4-3-5-7-14/h3-10,17-18H,2,11-12,21H2,1H3/t17-,18-,20-/m1/s1. The second-order valence-corrected chi connectivity index (χ2v) is 8.90. The summed E-state index contributed by atoms with van der Waals surface area (Å²) < 4.78 is 42.7. The van der Waals surface area contributed by atoms with Gasteiger partial charge >= 0.3 is 5.97 Å². The van der Waals surface area contributed by atoms with E-state index < -0.39 is 32.4 Å². The van der Waals surface area contributed by atoms with E-state index in [9.17, 15) is 13.2 Å². The first-order valence-electron chi connectivity index (χ1n) is 9.02. The summed E-state index contributed by atoms with van der Waals surface area (Å²) in [6.07, 6.45) is 0. The lowest BCUT2D eigenvalue weighted by Crippen LogP contribution is -2.33. The van der Waals surface area contributed by atoms with Crippen LogP contribution in [0.5, 0.6) is 11.5 Å². The predicted molar refractivity (Wildman–Crippen MR) is 101 cm³/mol. The van der Waals surface area contributed by atoms with Crippen LogP contribution in [0.25, 0.3) is 0 Å². The maximum absolute atomic E-state index is 13.4. The number of esters is 1. The minimum absolute atomic E-state index is 0.106. The molecule has 7 nitrogen and oxygen atoms in total. The summed E-state index contributed by atoms with van der Waals surface area (Å²) in [4.78, 5) is 13.0. The van der Waals surface area contributed by atoms with E-state index in [1.54, 1.807) is 43.3 Å². The monoisotopic (exact) mass is 403 g/mol. The van der Waals surface area contributed by atoms with E-state index in [1.165, 1.54) is 12.1 Å². The van der Waals surface area contributed by atoms with Gasteiger partial charge in [0.1, 0.15) is 5.41 Å². The highest BCUT2D eigenvalue weighted by Crippen LogP contribution is 2.64. The minimum Gasteiger partial charge on any atom is -0.465 e. The molecule has 2 aromatic rings. The number of nitrogens with two attached hydrogens (primary N) is 1. The lowest BCUT2D eigenvalue weighted by molar-refractivity contribution is -0.149. The molecule has 1 saturated carbocycles. The fourth-order valence-corrected chi connectivity index (χ4v) is 6.43. The summed E-state index contributed by atoms with van der Waals surface area (Å²) in [7, 11) is -3.81. The Morgan fingerprint density at radius 2 is 1.89 bits per heavy atom. The van der Waals surface area contributed by atoms with Gasteiger partial charge in [0, 0.05) is 12.5 Å². The molecule has 8 heteroatoms. The Bertz CT molecular complexity index is 1010. The van der Waals surface area contributed by atoms with Crippen LogP contribution in [0, 0.1) is 5.41 Å². The molecule has 0 spiro atoms. The van der Waals surface area contributed by atoms with Crippen LogP contribution in [0.15, 0.2) is 53.4 Å². The molecule has 1 aliphatic carbocycles. The van der Waals surface area contributed by atoms with Crippen molar-refractivity contribution in [3.63, 3.8) is 0 Å². The number of hydrogen-bond acceptors (Lipinski definition) is 7. The van der Waals surface area contributed by atoms with Crippen molar-refractivity contribution in [2.75, 3.05) is 19.9 Å². The molecule has 2 aliphatic rings. The summed E-state index contributed by atoms with van der Waals surface area (Å²) in [5.41, 5.74) is 5.31. The third kappa shape index (κ3) is 2.67. The smallest absolute Gasteiger partial charge is 0.315 e. The van der Waals surface area contributed by atoms with Crippen molar-refractivity contribution in [2.45, 2.75) is 23.0 Å². The molecule has 3 atom stereocenters. The highest BCUT2D eigenvalue weighted by molar-refractivity contribution is 7.92. The Kier molecular flexibility index (Phi) is 4.55. The van der Waals surface area contributed by atoms with Gasteiger partial charge in [-0.1, -0.05) is 24.3 Å². The van der Waals surface area contributed by atoms with E-state index in [0.29, 0.717) is 17.1 Å². The van der Waals surface area contributed by atoms with Crippen molar-refractivity contribution >= 4 is 15.8 Å². The Morgan fingerprint density at radius 1 is 1.18 bits per heavy atom. The summed E-state index contributed by atoms with van der Waals surface area (Å²) in [6.45, 7) is 1.80. The molecule has 1 aliphatic heterocycles. The summed E-state index contributed by atoms with van der Waals surface area (Å²) >= 11 is 0. The molecule has 0 amide bonds. The molecule has 1 heterocycles. The first-order valence-corrected chi connectivity index (χ1v) is 10.6. The fraction of sp³-hybridized carbons (Fsp3) is 0.350. The molecule has 28 heavy (non-hydrogen) atoms. The molecule has 0 bridgehead atoms. The topological polar surface area (TPSA) is 105 Å². The number of ether oxygens (including phenoxy) is 3. The minimum atomic E-state index is -3.81. The zero-order valence-corrected chi connectivity index (χ0v) is 16.1. The number of rotatable bonds is 6. The average molecular weight is 403 g/mol. The third-order valence-corrected chi connectivity index (χ3v) is 7.70. The number of carbonyl (C=O) groups excluding carboxylic acids is 1. The van der Waals surface area contributed by atoms with E-state index in [0.717, 1.165) is 0 Å². The molecule has 0 radical (unpaired) electrons. The van der Waals surface area contributed by atoms with E-state index in [2.05, 4.69) is 0 Å². The molecule has 148 valence electrons. The van der Waals surface area contributed by atoms with Crippen molar-refractivity contribution in [3.8, 4) is 11.5 Å². The zero-order chi connectivity index (χ0) is 19.9. The molecule has 2 aromatic carbocycles. The van der Waals surface area contributed by atoms with Crippen LogP contribution in [-0.2, 0) is 19.4 Å². The third-order valence-electron chi connectivity index (χ3n) is 5.41. The summed E-state index contributed by atoms with van der Waals surface area (Å²) in [5.74, 6) is -0.114. The van der Waals surface area contributed by atoms with Crippen LogP contribution < -0.4 is 15.2 Å². The largest absolute Gasteiger partial charge is 0.465 e. The maximum atomic E-state index is 13.4. The van der Waals surface area contributed by atoms with Crippen LogP contribution in [0.2, 0.25) is 0 Å². The van der Waals surface area contributed by atoms with Crippen LogP contribution in [0.3, 0.4) is 0 Å². The van der Waals surface area contributed by atoms with Crippen molar-refractivity contribution in [1.29, 1.82) is 0 Å². The van der Waals surface area contributed by atoms with Gasteiger partial charge in [-0.25, -0.2) is 8.42 Å². The molecule has 4 rings (SSSR count). The van der Waals surface area contributed by atoms with Gasteiger partial charge in [-0.2, -0.15) is 0 Å². The lowest BCUT2D eigenvalue weighted by atomic mass is 9.99. The maximum Gasteiger partial charge on any atom is 0.315 e. The zero-order valence-electron chi connectivity index (χ0n) is 15.3. The van der Waals surface area contributed by atoms with Crippen LogP contribution in [0.4, 0.5) is 0 Å². The Labute approximate surface area is 163 Å². The number of fused-ring (bicyclic) bond motifs is 1. The second-order valence-electron chi connectivity index (χ2n) is 6.83. The van der Waals surface area contributed by atoms with E-state index in [1.807, 2.05) is 0 Å². The quantitative estimate of drug-likeness (QED) is 0.734. The molecule has 0 unspecified atom stereocenters. The van der Waals surface area contributed by atoms with Gasteiger partial charge in [-0.3, -0.25) is 4.79 Å². The predicted octanol–water partition coefficient (Wildman–Crippen LogP) is 1.86. The number of sulfone groups is 1. The first-order chi connectivity index (χ1) is 13.5. The van der Waals surface area contributed by atoms with Gasteiger partial charge in [-0.15, -0.1) is 0 Å². The highest BCUT2D eigenvalue weighted by Gasteiger charge is 2.75. The van der Waals surface area contributed by atoms with Gasteiger partial charge < -0.3 is 19.9 Å². The van der Waals surface area contributed by atoms with E-state index in [4.69, 9.17) is 19.9 Å². The highest BCUT2D eigenvalue weighted by atomic mass is 32.2.